The average molecular weight is 367 g/mol. The summed E-state index contributed by atoms with van der Waals surface area (Å²) in [6.45, 7) is 11.8. The van der Waals surface area contributed by atoms with Crippen molar-refractivity contribution in [3.05, 3.63) is 0 Å². The lowest BCUT2D eigenvalue weighted by Crippen LogP contribution is -2.46. The number of aliphatic hydroxyl groups excluding tert-OH is 1. The van der Waals surface area contributed by atoms with Crippen LogP contribution >= 0.6 is 23.5 Å². The molecule has 0 radical (unpaired) electrons. The third-order valence-corrected chi connectivity index (χ3v) is 6.50. The highest BCUT2D eigenvalue weighted by molar-refractivity contribution is 8.17. The van der Waals surface area contributed by atoms with Crippen molar-refractivity contribution in [3.63, 3.8) is 0 Å². The van der Waals surface area contributed by atoms with Crippen LogP contribution in [0, 0.1) is 0 Å². The van der Waals surface area contributed by atoms with Gasteiger partial charge in [0.05, 0.1) is 11.2 Å². The van der Waals surface area contributed by atoms with E-state index in [4.69, 9.17) is 18.9 Å². The second-order valence-electron chi connectivity index (χ2n) is 6.67. The molecule has 0 aliphatic carbocycles. The number of rotatable bonds is 7. The molecule has 0 saturated carbocycles. The summed E-state index contributed by atoms with van der Waals surface area (Å²) in [5, 5.41) is 9.68. The lowest BCUT2D eigenvalue weighted by molar-refractivity contribution is -0.175. The Morgan fingerprint density at radius 1 is 0.870 bits per heavy atom. The van der Waals surface area contributed by atoms with Crippen LogP contribution in [0.3, 0.4) is 0 Å². The molecular weight excluding hydrogens is 336 g/mol. The molecule has 0 amide bonds. The van der Waals surface area contributed by atoms with E-state index in [1.165, 1.54) is 0 Å². The first-order valence-electron chi connectivity index (χ1n) is 8.28. The molecule has 0 aromatic carbocycles. The van der Waals surface area contributed by atoms with Gasteiger partial charge >= 0.3 is 0 Å². The van der Waals surface area contributed by atoms with Crippen LogP contribution in [0.15, 0.2) is 0 Å². The van der Waals surface area contributed by atoms with Crippen molar-refractivity contribution in [3.8, 4) is 0 Å². The zero-order valence-corrected chi connectivity index (χ0v) is 16.5. The Bertz CT molecular complexity index is 385. The molecule has 2 aliphatic heterocycles. The highest BCUT2D eigenvalue weighted by atomic mass is 32.2. The van der Waals surface area contributed by atoms with Gasteiger partial charge in [-0.25, -0.2) is 0 Å². The summed E-state index contributed by atoms with van der Waals surface area (Å²) < 4.78 is 24.5. The predicted molar refractivity (Wildman–Crippen MR) is 94.8 cm³/mol. The Balaban J connectivity index is 2.22. The minimum atomic E-state index is -0.718. The van der Waals surface area contributed by atoms with Gasteiger partial charge in [0.15, 0.2) is 11.6 Å². The number of hydrogen-bond acceptors (Lipinski definition) is 7. The van der Waals surface area contributed by atoms with Crippen molar-refractivity contribution in [1.29, 1.82) is 0 Å². The van der Waals surface area contributed by atoms with Crippen LogP contribution in [0.1, 0.15) is 41.5 Å². The van der Waals surface area contributed by atoms with Gasteiger partial charge in [0.1, 0.15) is 24.4 Å². The molecule has 2 aliphatic rings. The lowest BCUT2D eigenvalue weighted by Gasteiger charge is -2.29. The first kappa shape index (κ1) is 19.8. The normalized spacial score (nSPS) is 36.0. The summed E-state index contributed by atoms with van der Waals surface area (Å²) >= 11 is 3.74. The van der Waals surface area contributed by atoms with Crippen LogP contribution in [0.2, 0.25) is 0 Å². The van der Waals surface area contributed by atoms with E-state index in [9.17, 15) is 5.11 Å². The topological polar surface area (TPSA) is 57.2 Å². The van der Waals surface area contributed by atoms with Crippen LogP contribution in [0.25, 0.3) is 0 Å². The largest absolute Gasteiger partial charge is 0.394 e. The van der Waals surface area contributed by atoms with Gasteiger partial charge in [-0.15, -0.1) is 23.5 Å². The van der Waals surface area contributed by atoms with Crippen molar-refractivity contribution in [1.82, 2.24) is 0 Å². The second-order valence-corrected chi connectivity index (χ2v) is 9.80. The molecule has 0 bridgehead atoms. The fourth-order valence-corrected chi connectivity index (χ4v) is 5.79. The van der Waals surface area contributed by atoms with Gasteiger partial charge in [0.2, 0.25) is 0 Å². The molecule has 5 nitrogen and oxygen atoms in total. The van der Waals surface area contributed by atoms with Crippen molar-refractivity contribution < 1.29 is 24.1 Å². The van der Waals surface area contributed by atoms with Crippen LogP contribution in [0.4, 0.5) is 0 Å². The highest BCUT2D eigenvalue weighted by Gasteiger charge is 2.55. The van der Waals surface area contributed by atoms with E-state index in [1.807, 2.05) is 51.2 Å². The summed E-state index contributed by atoms with van der Waals surface area (Å²) in [6, 6.07) is 0. The molecule has 2 fully saturated rings. The van der Waals surface area contributed by atoms with Crippen molar-refractivity contribution in [2.24, 2.45) is 0 Å². The summed E-state index contributed by atoms with van der Waals surface area (Å²) in [4.78, 5) is 0. The Kier molecular flexibility index (Phi) is 6.73. The van der Waals surface area contributed by atoms with Gasteiger partial charge in [-0.3, -0.25) is 0 Å². The van der Waals surface area contributed by atoms with E-state index >= 15 is 0 Å². The molecule has 2 rings (SSSR count). The zero-order chi connectivity index (χ0) is 17.3. The fraction of sp³-hybridized carbons (Fsp3) is 1.00. The first-order valence-corrected chi connectivity index (χ1v) is 10.4. The van der Waals surface area contributed by atoms with E-state index in [-0.39, 0.29) is 29.5 Å². The summed E-state index contributed by atoms with van der Waals surface area (Å²) in [7, 11) is 0. The SMILES string of the molecule is CCSC(SCC)[C@@H]1OC(C)(C)O[C@H]1[C@@H]1OC(C)(C)O[C@@H]1CO. The minimum Gasteiger partial charge on any atom is -0.394 e. The summed E-state index contributed by atoms with van der Waals surface area (Å²) in [5.74, 6) is 0.652. The third kappa shape index (κ3) is 4.77. The van der Waals surface area contributed by atoms with Gasteiger partial charge in [0, 0.05) is 0 Å². The quantitative estimate of drug-likeness (QED) is 0.695. The minimum absolute atomic E-state index is 0.0897. The van der Waals surface area contributed by atoms with Crippen molar-refractivity contribution in [2.75, 3.05) is 18.1 Å². The van der Waals surface area contributed by atoms with Crippen LogP contribution < -0.4 is 0 Å². The zero-order valence-electron chi connectivity index (χ0n) is 14.9. The number of hydrogen-bond donors (Lipinski definition) is 1. The summed E-state index contributed by atoms with van der Waals surface area (Å²) in [5.41, 5.74) is 0. The number of thioether (sulfide) groups is 2. The molecular formula is C16H30O5S2. The van der Waals surface area contributed by atoms with Crippen molar-refractivity contribution in [2.45, 2.75) is 82.1 Å². The molecule has 0 aromatic rings. The molecule has 2 heterocycles. The molecule has 4 atom stereocenters. The van der Waals surface area contributed by atoms with E-state index in [1.54, 1.807) is 0 Å². The van der Waals surface area contributed by atoms with Crippen molar-refractivity contribution >= 4 is 23.5 Å². The second kappa shape index (κ2) is 7.81. The average Bonchev–Trinajstić information content (AvgIpc) is 2.94. The molecule has 0 unspecified atom stereocenters. The Morgan fingerprint density at radius 2 is 1.39 bits per heavy atom. The maximum absolute atomic E-state index is 9.68. The molecule has 7 heteroatoms. The van der Waals surface area contributed by atoms with Gasteiger partial charge in [-0.2, -0.15) is 0 Å². The van der Waals surface area contributed by atoms with E-state index < -0.39 is 17.7 Å². The Morgan fingerprint density at radius 3 is 1.91 bits per heavy atom. The Hall–Kier alpha value is 0.500. The first-order chi connectivity index (χ1) is 10.7. The molecule has 0 spiro atoms. The monoisotopic (exact) mass is 366 g/mol. The van der Waals surface area contributed by atoms with Gasteiger partial charge in [-0.1, -0.05) is 13.8 Å². The number of ether oxygens (including phenoxy) is 4. The van der Waals surface area contributed by atoms with E-state index in [0.29, 0.717) is 0 Å². The fourth-order valence-electron chi connectivity index (χ4n) is 3.13. The maximum Gasteiger partial charge on any atom is 0.164 e. The predicted octanol–water partition coefficient (Wildman–Crippen LogP) is 2.85. The lowest BCUT2D eigenvalue weighted by atomic mass is 10.0. The summed E-state index contributed by atoms with van der Waals surface area (Å²) in [6.07, 6.45) is -1.09. The molecule has 136 valence electrons. The Labute approximate surface area is 148 Å². The molecule has 23 heavy (non-hydrogen) atoms. The van der Waals surface area contributed by atoms with Gasteiger partial charge in [0.25, 0.3) is 0 Å². The van der Waals surface area contributed by atoms with Crippen LogP contribution in [-0.2, 0) is 18.9 Å². The third-order valence-electron chi connectivity index (χ3n) is 3.82. The highest BCUT2D eigenvalue weighted by Crippen LogP contribution is 2.43. The molecule has 2 saturated heterocycles. The standard InChI is InChI=1S/C16H30O5S2/c1-7-22-14(23-8-2)13-12(20-16(5,6)21-13)11-10(9-17)18-15(3,4)19-11/h10-14,17H,7-9H2,1-6H3/t10-,11-,12+,13-/m1/s1. The van der Waals surface area contributed by atoms with Gasteiger partial charge < -0.3 is 24.1 Å². The molecule has 0 aromatic heterocycles. The van der Waals surface area contributed by atoms with Gasteiger partial charge in [-0.05, 0) is 39.2 Å². The van der Waals surface area contributed by atoms with Crippen LogP contribution in [-0.4, -0.2) is 63.8 Å². The molecule has 1 N–H and O–H groups in total. The maximum atomic E-state index is 9.68. The number of aliphatic hydroxyl groups is 1. The smallest absolute Gasteiger partial charge is 0.164 e. The van der Waals surface area contributed by atoms with E-state index in [0.717, 1.165) is 11.5 Å². The van der Waals surface area contributed by atoms with E-state index in [2.05, 4.69) is 13.8 Å². The van der Waals surface area contributed by atoms with Crippen LogP contribution in [0.5, 0.6) is 0 Å².